The van der Waals surface area contributed by atoms with Crippen molar-refractivity contribution in [2.75, 3.05) is 19.8 Å². The van der Waals surface area contributed by atoms with Crippen LogP contribution in [0.15, 0.2) is 24.3 Å². The van der Waals surface area contributed by atoms with E-state index >= 15 is 0 Å². The van der Waals surface area contributed by atoms with Crippen LogP contribution in [0.25, 0.3) is 0 Å². The minimum Gasteiger partial charge on any atom is -0.381 e. The monoisotopic (exact) mass is 296 g/mol. The molecule has 0 aliphatic carbocycles. The van der Waals surface area contributed by atoms with Crippen LogP contribution in [0.4, 0.5) is 0 Å². The first-order valence-corrected chi connectivity index (χ1v) is 7.39. The molecule has 1 amide bonds. The Labute approximate surface area is 124 Å². The average Bonchev–Trinajstić information content (AvgIpc) is 2.46. The highest BCUT2D eigenvalue weighted by molar-refractivity contribution is 6.30. The van der Waals surface area contributed by atoms with Crippen molar-refractivity contribution in [3.8, 4) is 0 Å². The van der Waals surface area contributed by atoms with E-state index in [9.17, 15) is 4.79 Å². The Morgan fingerprint density at radius 2 is 2.00 bits per heavy atom. The second-order valence-electron chi connectivity index (χ2n) is 5.11. The summed E-state index contributed by atoms with van der Waals surface area (Å²) in [5.41, 5.74) is 1.12. The molecule has 20 heavy (non-hydrogen) atoms. The summed E-state index contributed by atoms with van der Waals surface area (Å²) in [6.07, 6.45) is 1.80. The van der Waals surface area contributed by atoms with E-state index in [1.165, 1.54) is 0 Å². The maximum atomic E-state index is 11.9. The normalized spacial score (nSPS) is 17.7. The van der Waals surface area contributed by atoms with Crippen molar-refractivity contribution < 1.29 is 9.53 Å². The van der Waals surface area contributed by atoms with E-state index in [-0.39, 0.29) is 18.0 Å². The molecule has 2 N–H and O–H groups in total. The topological polar surface area (TPSA) is 50.4 Å². The summed E-state index contributed by atoms with van der Waals surface area (Å²) in [5.74, 6) is 0.0395. The number of nitrogens with one attached hydrogen (secondary N) is 2. The van der Waals surface area contributed by atoms with Gasteiger partial charge in [0.15, 0.2) is 0 Å². The maximum Gasteiger partial charge on any atom is 0.234 e. The summed E-state index contributed by atoms with van der Waals surface area (Å²) in [7, 11) is 0. The fourth-order valence-electron chi connectivity index (χ4n) is 2.24. The molecule has 1 aromatic carbocycles. The van der Waals surface area contributed by atoms with Crippen LogP contribution >= 0.6 is 11.6 Å². The van der Waals surface area contributed by atoms with Gasteiger partial charge in [0.25, 0.3) is 0 Å². The van der Waals surface area contributed by atoms with Gasteiger partial charge in [-0.25, -0.2) is 0 Å². The number of hydrogen-bond acceptors (Lipinski definition) is 3. The van der Waals surface area contributed by atoms with E-state index in [0.29, 0.717) is 6.54 Å². The SMILES string of the molecule is CC(NCC(=O)NC1CCOCC1)c1ccc(Cl)cc1. The van der Waals surface area contributed by atoms with Crippen molar-refractivity contribution in [1.82, 2.24) is 10.6 Å². The second-order valence-corrected chi connectivity index (χ2v) is 5.54. The van der Waals surface area contributed by atoms with Crippen LogP contribution in [-0.4, -0.2) is 31.7 Å². The first-order chi connectivity index (χ1) is 9.65. The molecule has 110 valence electrons. The molecule has 1 fully saturated rings. The number of ether oxygens (including phenoxy) is 1. The number of hydrogen-bond donors (Lipinski definition) is 2. The molecular weight excluding hydrogens is 276 g/mol. The van der Waals surface area contributed by atoms with Crippen LogP contribution in [0.5, 0.6) is 0 Å². The molecule has 1 unspecified atom stereocenters. The zero-order valence-corrected chi connectivity index (χ0v) is 12.5. The van der Waals surface area contributed by atoms with Gasteiger partial charge in [-0.3, -0.25) is 4.79 Å². The Morgan fingerprint density at radius 3 is 2.65 bits per heavy atom. The van der Waals surface area contributed by atoms with Gasteiger partial charge < -0.3 is 15.4 Å². The summed E-state index contributed by atoms with van der Waals surface area (Å²) in [6.45, 7) is 3.82. The molecule has 1 saturated heterocycles. The summed E-state index contributed by atoms with van der Waals surface area (Å²) < 4.78 is 5.27. The maximum absolute atomic E-state index is 11.9. The molecule has 0 saturated carbocycles. The minimum atomic E-state index is 0.0395. The van der Waals surface area contributed by atoms with Gasteiger partial charge >= 0.3 is 0 Å². The van der Waals surface area contributed by atoms with Crippen LogP contribution in [0.1, 0.15) is 31.4 Å². The molecule has 2 rings (SSSR count). The Balaban J connectivity index is 1.73. The highest BCUT2D eigenvalue weighted by Crippen LogP contribution is 2.15. The molecular formula is C15H21ClN2O2. The summed E-state index contributed by atoms with van der Waals surface area (Å²) in [5, 5.41) is 6.97. The standard InChI is InChI=1S/C15H21ClN2O2/c1-11(12-2-4-13(16)5-3-12)17-10-15(19)18-14-6-8-20-9-7-14/h2-5,11,14,17H,6-10H2,1H3,(H,18,19). The lowest BCUT2D eigenvalue weighted by Crippen LogP contribution is -2.43. The van der Waals surface area contributed by atoms with Gasteiger partial charge in [0.1, 0.15) is 0 Å². The van der Waals surface area contributed by atoms with Crippen LogP contribution in [0, 0.1) is 0 Å². The van der Waals surface area contributed by atoms with Crippen LogP contribution < -0.4 is 10.6 Å². The first-order valence-electron chi connectivity index (χ1n) is 7.01. The molecule has 0 radical (unpaired) electrons. The predicted octanol–water partition coefficient (Wildman–Crippen LogP) is 2.29. The second kappa shape index (κ2) is 7.62. The van der Waals surface area contributed by atoms with Gasteiger partial charge in [-0.15, -0.1) is 0 Å². The Hall–Kier alpha value is -1.10. The molecule has 1 aliphatic heterocycles. The van der Waals surface area contributed by atoms with E-state index in [1.807, 2.05) is 31.2 Å². The van der Waals surface area contributed by atoms with E-state index in [0.717, 1.165) is 36.6 Å². The molecule has 1 aliphatic rings. The molecule has 5 heteroatoms. The molecule has 1 atom stereocenters. The fourth-order valence-corrected chi connectivity index (χ4v) is 2.36. The Bertz CT molecular complexity index is 430. The number of carbonyl (C=O) groups excluding carboxylic acids is 1. The lowest BCUT2D eigenvalue weighted by atomic mass is 10.1. The third-order valence-electron chi connectivity index (χ3n) is 3.53. The van der Waals surface area contributed by atoms with Crippen LogP contribution in [-0.2, 0) is 9.53 Å². The molecule has 1 aromatic rings. The fraction of sp³-hybridized carbons (Fsp3) is 0.533. The molecule has 1 heterocycles. The van der Waals surface area contributed by atoms with Gasteiger partial charge in [-0.05, 0) is 37.5 Å². The summed E-state index contributed by atoms with van der Waals surface area (Å²) in [6, 6.07) is 8.03. The van der Waals surface area contributed by atoms with Crippen LogP contribution in [0.3, 0.4) is 0 Å². The number of rotatable bonds is 5. The molecule has 0 spiro atoms. The van der Waals surface area contributed by atoms with Gasteiger partial charge in [0.2, 0.25) is 5.91 Å². The van der Waals surface area contributed by atoms with Crippen molar-refractivity contribution in [2.45, 2.75) is 31.8 Å². The van der Waals surface area contributed by atoms with Crippen molar-refractivity contribution in [3.63, 3.8) is 0 Å². The molecule has 4 nitrogen and oxygen atoms in total. The quantitative estimate of drug-likeness (QED) is 0.876. The minimum absolute atomic E-state index is 0.0395. The first kappa shape index (κ1) is 15.3. The molecule has 0 bridgehead atoms. The Kier molecular flexibility index (Phi) is 5.83. The van der Waals surface area contributed by atoms with E-state index in [4.69, 9.17) is 16.3 Å². The van der Waals surface area contributed by atoms with Gasteiger partial charge in [0, 0.05) is 30.3 Å². The highest BCUT2D eigenvalue weighted by atomic mass is 35.5. The van der Waals surface area contributed by atoms with Crippen molar-refractivity contribution in [3.05, 3.63) is 34.9 Å². The van der Waals surface area contributed by atoms with E-state index in [1.54, 1.807) is 0 Å². The van der Waals surface area contributed by atoms with E-state index in [2.05, 4.69) is 10.6 Å². The Morgan fingerprint density at radius 1 is 1.35 bits per heavy atom. The van der Waals surface area contributed by atoms with E-state index < -0.39 is 0 Å². The summed E-state index contributed by atoms with van der Waals surface area (Å²) in [4.78, 5) is 11.9. The number of carbonyl (C=O) groups is 1. The lowest BCUT2D eigenvalue weighted by Gasteiger charge is -2.23. The lowest BCUT2D eigenvalue weighted by molar-refractivity contribution is -0.121. The largest absolute Gasteiger partial charge is 0.381 e. The van der Waals surface area contributed by atoms with Crippen LogP contribution in [0.2, 0.25) is 5.02 Å². The summed E-state index contributed by atoms with van der Waals surface area (Å²) >= 11 is 5.86. The number of halogens is 1. The smallest absolute Gasteiger partial charge is 0.234 e. The third kappa shape index (κ3) is 4.78. The van der Waals surface area contributed by atoms with Gasteiger partial charge in [-0.2, -0.15) is 0 Å². The zero-order valence-electron chi connectivity index (χ0n) is 11.7. The number of benzene rings is 1. The third-order valence-corrected chi connectivity index (χ3v) is 3.78. The van der Waals surface area contributed by atoms with Gasteiger partial charge in [0.05, 0.1) is 6.54 Å². The van der Waals surface area contributed by atoms with Gasteiger partial charge in [-0.1, -0.05) is 23.7 Å². The van der Waals surface area contributed by atoms with Crippen molar-refractivity contribution in [2.24, 2.45) is 0 Å². The molecule has 0 aromatic heterocycles. The highest BCUT2D eigenvalue weighted by Gasteiger charge is 2.16. The zero-order chi connectivity index (χ0) is 14.4. The van der Waals surface area contributed by atoms with Crippen molar-refractivity contribution in [1.29, 1.82) is 0 Å². The predicted molar refractivity (Wildman–Crippen MR) is 79.9 cm³/mol. The number of amides is 1. The average molecular weight is 297 g/mol. The van der Waals surface area contributed by atoms with Crippen molar-refractivity contribution >= 4 is 17.5 Å².